The number of nitrogens with zero attached hydrogens (tertiary/aromatic N) is 4. The van der Waals surface area contributed by atoms with Crippen LogP contribution in [0.25, 0.3) is 43.6 Å². The van der Waals surface area contributed by atoms with Gasteiger partial charge in [-0.3, -0.25) is 0 Å². The number of aromatic nitrogens is 2. The molecule has 6 rings (SSSR count). The smallest absolute Gasteiger partial charge is 0.369 e. The van der Waals surface area contributed by atoms with Crippen LogP contribution in [0.4, 0.5) is 0 Å². The summed E-state index contributed by atoms with van der Waals surface area (Å²) in [5, 5.41) is 12.4. The second kappa shape index (κ2) is 37.6. The van der Waals surface area contributed by atoms with E-state index in [0.29, 0.717) is 0 Å². The summed E-state index contributed by atoms with van der Waals surface area (Å²) in [7, 11) is 12.7. The van der Waals surface area contributed by atoms with Crippen LogP contribution in [0.2, 0.25) is 0 Å². The molecule has 0 unspecified atom stereocenters. The van der Waals surface area contributed by atoms with Crippen molar-refractivity contribution in [3.05, 3.63) is 112 Å². The third-order valence-corrected chi connectivity index (χ3v) is 6.90. The maximum absolute atomic E-state index is 7.00. The molecule has 0 aliphatic carbocycles. The third-order valence-electron chi connectivity index (χ3n) is 6.90. The SMILES string of the molecule is BrB(Br)Br.CC.CC.CN(C)CCn1c2ccccc2c2ccccc21.CN(C)CCn1c2ccccc2c2ccccc21.CO.COC.[CH3-].[CH3-].[Y].[Y]. The van der Waals surface area contributed by atoms with Gasteiger partial charge in [0.15, 0.2) is 0 Å². The molecule has 12 heteroatoms. The molecule has 0 spiro atoms. The van der Waals surface area contributed by atoms with Crippen molar-refractivity contribution in [2.75, 3.05) is 62.6 Å². The van der Waals surface area contributed by atoms with Gasteiger partial charge in [-0.05, 0) is 52.5 Å². The standard InChI is InChI=1S/2C16H18N2.C2H6O.2C2H6.CH4O.2CH3.BBr3.2Y/c2*1-17(2)11-12-18-15-9-5-3-7-13(15)14-8-4-6-10-16(14)18;1-3-2;3*1-2;;;2-1(3)4;;/h2*3-10H,11-12H2,1-2H3;1-2H3;2*1-2H3;2H,1H3;2*1H3;;;/q;;;;;;2*-1;;;. The summed E-state index contributed by atoms with van der Waals surface area (Å²) in [5.41, 5.74) is 5.34. The number of para-hydroxylation sites is 4. The molecular formula is C41H64BBr3N4O2Y2-2. The van der Waals surface area contributed by atoms with Crippen LogP contribution in [0.15, 0.2) is 97.1 Å². The minimum absolute atomic E-state index is 0. The molecule has 6 nitrogen and oxygen atoms in total. The molecule has 0 atom stereocenters. The summed E-state index contributed by atoms with van der Waals surface area (Å²) < 4.78 is 9.36. The number of ether oxygens (including phenoxy) is 1. The van der Waals surface area contributed by atoms with E-state index < -0.39 is 0 Å². The predicted octanol–water partition coefficient (Wildman–Crippen LogP) is 11.7. The Hall–Kier alpha value is 0.0327. The summed E-state index contributed by atoms with van der Waals surface area (Å²) in [5.74, 6) is 0. The van der Waals surface area contributed by atoms with Crippen LogP contribution in [-0.2, 0) is 83.2 Å². The largest absolute Gasteiger partial charge is 0.400 e. The number of benzene rings is 4. The van der Waals surface area contributed by atoms with E-state index in [1.165, 1.54) is 43.6 Å². The number of likely N-dealkylation sites (N-methyl/N-ethyl adjacent to an activating group) is 2. The summed E-state index contributed by atoms with van der Waals surface area (Å²) in [4.78, 5) is 4.45. The van der Waals surface area contributed by atoms with Crippen molar-refractivity contribution in [2.45, 2.75) is 40.8 Å². The molecule has 2 heterocycles. The van der Waals surface area contributed by atoms with Gasteiger partial charge in [0.1, 0.15) is 0 Å². The minimum atomic E-state index is 0. The predicted molar refractivity (Wildman–Crippen MR) is 245 cm³/mol. The van der Waals surface area contributed by atoms with E-state index in [9.17, 15) is 0 Å². The van der Waals surface area contributed by atoms with Gasteiger partial charge in [0, 0.05) is 157 Å². The quantitative estimate of drug-likeness (QED) is 0.133. The Morgan fingerprint density at radius 3 is 0.849 bits per heavy atom. The van der Waals surface area contributed by atoms with E-state index >= 15 is 0 Å². The molecule has 1 N–H and O–H groups in total. The Morgan fingerprint density at radius 2 is 0.679 bits per heavy atom. The van der Waals surface area contributed by atoms with Crippen LogP contribution >= 0.6 is 47.3 Å². The van der Waals surface area contributed by atoms with Gasteiger partial charge in [0.2, 0.25) is 0 Å². The average Bonchev–Trinajstić information content (AvgIpc) is 3.62. The normalized spacial score (nSPS) is 9.15. The molecular weight excluding hydrogens is 1010 g/mol. The van der Waals surface area contributed by atoms with Crippen molar-refractivity contribution in [3.63, 3.8) is 0 Å². The molecule has 2 aromatic heterocycles. The van der Waals surface area contributed by atoms with Crippen molar-refractivity contribution < 1.29 is 75.3 Å². The fourth-order valence-corrected chi connectivity index (χ4v) is 5.09. The van der Waals surface area contributed by atoms with Crippen molar-refractivity contribution in [2.24, 2.45) is 0 Å². The molecule has 6 aromatic rings. The first-order valence-electron chi connectivity index (χ1n) is 16.7. The third kappa shape index (κ3) is 21.4. The van der Waals surface area contributed by atoms with E-state index in [-0.39, 0.29) is 83.5 Å². The number of methoxy groups -OCH3 is 1. The van der Waals surface area contributed by atoms with Crippen molar-refractivity contribution in [3.8, 4) is 0 Å². The summed E-state index contributed by atoms with van der Waals surface area (Å²) in [6.45, 7) is 12.2. The molecule has 0 aliphatic heterocycles. The second-order valence-electron chi connectivity index (χ2n) is 10.6. The topological polar surface area (TPSA) is 45.8 Å². The summed E-state index contributed by atoms with van der Waals surface area (Å²) in [6.07, 6.45) is 0. The van der Waals surface area contributed by atoms with Gasteiger partial charge in [-0.15, -0.1) is 47.3 Å². The monoisotopic (exact) mass is 1070 g/mol. The zero-order valence-electron chi connectivity index (χ0n) is 34.6. The van der Waals surface area contributed by atoms with Gasteiger partial charge in [0.25, 0.3) is 0 Å². The van der Waals surface area contributed by atoms with E-state index in [1.54, 1.807) is 14.2 Å². The van der Waals surface area contributed by atoms with E-state index in [2.05, 4.69) is 196 Å². The van der Waals surface area contributed by atoms with Crippen LogP contribution in [0.5, 0.6) is 0 Å². The zero-order chi connectivity index (χ0) is 37.4. The Labute approximate surface area is 398 Å². The number of rotatable bonds is 6. The first-order valence-corrected chi connectivity index (χ1v) is 19.4. The molecule has 0 saturated carbocycles. The Morgan fingerprint density at radius 1 is 0.509 bits per heavy atom. The Balaban J connectivity index is -0.000000208. The maximum atomic E-state index is 7.00. The number of halogens is 3. The molecule has 53 heavy (non-hydrogen) atoms. The van der Waals surface area contributed by atoms with Gasteiger partial charge in [-0.2, -0.15) is 0 Å². The molecule has 0 bridgehead atoms. The summed E-state index contributed by atoms with van der Waals surface area (Å²) in [6, 6.07) is 34.6. The molecule has 0 saturated heterocycles. The van der Waals surface area contributed by atoms with E-state index in [0.717, 1.165) is 33.3 Å². The number of hydrogen-bond donors (Lipinski definition) is 1. The van der Waals surface area contributed by atoms with Crippen LogP contribution in [0, 0.1) is 14.9 Å². The van der Waals surface area contributed by atoms with Gasteiger partial charge in [-0.25, -0.2) is 0 Å². The second-order valence-corrected chi connectivity index (χ2v) is 17.1. The molecule has 292 valence electrons. The number of hydrogen-bond acceptors (Lipinski definition) is 4. The fraction of sp³-hybridized carbons (Fsp3) is 0.366. The number of fused-ring (bicyclic) bond motifs is 6. The maximum Gasteiger partial charge on any atom is 0.369 e. The van der Waals surface area contributed by atoms with Crippen molar-refractivity contribution in [1.82, 2.24) is 18.9 Å². The van der Waals surface area contributed by atoms with Crippen LogP contribution in [-0.4, -0.2) is 89.8 Å². The minimum Gasteiger partial charge on any atom is -0.400 e. The molecule has 0 fully saturated rings. The number of aliphatic hydroxyl groups is 1. The van der Waals surface area contributed by atoms with Gasteiger partial charge >= 0.3 is 3.18 Å². The van der Waals surface area contributed by atoms with E-state index in [1.807, 2.05) is 27.7 Å². The average molecular weight is 1070 g/mol. The number of aliphatic hydroxyl groups excluding tert-OH is 1. The van der Waals surface area contributed by atoms with Crippen LogP contribution in [0.1, 0.15) is 27.7 Å². The molecule has 4 aromatic carbocycles. The zero-order valence-corrected chi connectivity index (χ0v) is 45.0. The Kier molecular flexibility index (Phi) is 44.2. The molecule has 0 aliphatic rings. The first kappa shape index (κ1) is 62.2. The van der Waals surface area contributed by atoms with Crippen molar-refractivity contribution >= 4 is 94.1 Å². The van der Waals surface area contributed by atoms with Crippen molar-refractivity contribution in [1.29, 1.82) is 0 Å². The van der Waals surface area contributed by atoms with Gasteiger partial charge < -0.3 is 43.6 Å². The molecule has 0 amide bonds. The summed E-state index contributed by atoms with van der Waals surface area (Å²) >= 11 is 9.31. The van der Waals surface area contributed by atoms with Gasteiger partial charge in [-0.1, -0.05) is 100 Å². The van der Waals surface area contributed by atoms with Gasteiger partial charge in [0.05, 0.1) is 0 Å². The fourth-order valence-electron chi connectivity index (χ4n) is 5.09. The van der Waals surface area contributed by atoms with Crippen LogP contribution < -0.4 is 0 Å². The van der Waals surface area contributed by atoms with Crippen LogP contribution in [0.3, 0.4) is 0 Å². The first-order chi connectivity index (χ1) is 23.7. The van der Waals surface area contributed by atoms with E-state index in [4.69, 9.17) is 5.11 Å². The Bertz CT molecular complexity index is 1490. The molecule has 2 radical (unpaired) electrons.